The first-order chi connectivity index (χ1) is 11.7. The Bertz CT molecular complexity index is 644. The molecule has 0 heterocycles. The van der Waals surface area contributed by atoms with Crippen LogP contribution in [0.2, 0.25) is 5.02 Å². The van der Waals surface area contributed by atoms with Gasteiger partial charge in [-0.15, -0.1) is 0 Å². The van der Waals surface area contributed by atoms with Crippen molar-refractivity contribution in [1.29, 1.82) is 0 Å². The maximum atomic E-state index is 6.30. The van der Waals surface area contributed by atoms with E-state index in [2.05, 4.69) is 24.4 Å². The lowest BCUT2D eigenvalue weighted by atomic mass is 10.1. The van der Waals surface area contributed by atoms with Gasteiger partial charge in [0, 0.05) is 24.2 Å². The van der Waals surface area contributed by atoms with Gasteiger partial charge in [-0.1, -0.05) is 30.7 Å². The number of hydrogen-bond donors (Lipinski definition) is 1. The van der Waals surface area contributed by atoms with Gasteiger partial charge in [0.1, 0.15) is 5.75 Å². The predicted molar refractivity (Wildman–Crippen MR) is 97.3 cm³/mol. The van der Waals surface area contributed by atoms with Crippen molar-refractivity contribution >= 4 is 11.6 Å². The fourth-order valence-corrected chi connectivity index (χ4v) is 2.52. The molecule has 4 nitrogen and oxygen atoms in total. The molecule has 5 heteroatoms. The van der Waals surface area contributed by atoms with Crippen LogP contribution in [-0.4, -0.2) is 20.8 Å². The highest BCUT2D eigenvalue weighted by atomic mass is 35.5. The van der Waals surface area contributed by atoms with Gasteiger partial charge in [-0.05, 0) is 35.7 Å². The van der Waals surface area contributed by atoms with Crippen molar-refractivity contribution in [2.24, 2.45) is 0 Å². The smallest absolute Gasteiger partial charge is 0.162 e. The lowest BCUT2D eigenvalue weighted by Crippen LogP contribution is -2.13. The van der Waals surface area contributed by atoms with E-state index in [1.165, 1.54) is 5.56 Å². The van der Waals surface area contributed by atoms with Crippen LogP contribution in [0.5, 0.6) is 17.2 Å². The molecule has 0 unspecified atom stereocenters. The van der Waals surface area contributed by atoms with Crippen molar-refractivity contribution in [2.75, 3.05) is 20.8 Å². The SMILES string of the molecule is CCCOc1ccc(CNCc2cc(OC)c(OC)cc2Cl)cc1. The van der Waals surface area contributed by atoms with Crippen molar-refractivity contribution in [1.82, 2.24) is 5.32 Å². The molecule has 0 radical (unpaired) electrons. The van der Waals surface area contributed by atoms with Gasteiger partial charge >= 0.3 is 0 Å². The van der Waals surface area contributed by atoms with E-state index in [-0.39, 0.29) is 0 Å². The summed E-state index contributed by atoms with van der Waals surface area (Å²) < 4.78 is 16.1. The Labute approximate surface area is 148 Å². The number of nitrogens with one attached hydrogen (secondary N) is 1. The Kier molecular flexibility index (Phi) is 7.22. The molecule has 0 aromatic heterocycles. The van der Waals surface area contributed by atoms with Gasteiger partial charge in [0.15, 0.2) is 11.5 Å². The minimum absolute atomic E-state index is 0.633. The summed E-state index contributed by atoms with van der Waals surface area (Å²) in [5, 5.41) is 4.04. The summed E-state index contributed by atoms with van der Waals surface area (Å²) in [6.07, 6.45) is 1.01. The van der Waals surface area contributed by atoms with Crippen LogP contribution in [0, 0.1) is 0 Å². The summed E-state index contributed by atoms with van der Waals surface area (Å²) in [5.41, 5.74) is 2.16. The summed E-state index contributed by atoms with van der Waals surface area (Å²) in [6.45, 7) is 4.24. The molecule has 1 N–H and O–H groups in total. The average molecular weight is 350 g/mol. The largest absolute Gasteiger partial charge is 0.494 e. The molecule has 2 aromatic carbocycles. The Morgan fingerprint density at radius 3 is 2.25 bits per heavy atom. The Morgan fingerprint density at radius 2 is 1.62 bits per heavy atom. The second-order valence-corrected chi connectivity index (χ2v) is 5.80. The highest BCUT2D eigenvalue weighted by molar-refractivity contribution is 6.31. The fraction of sp³-hybridized carbons (Fsp3) is 0.368. The van der Waals surface area contributed by atoms with Crippen LogP contribution >= 0.6 is 11.6 Å². The van der Waals surface area contributed by atoms with E-state index in [4.69, 9.17) is 25.8 Å². The summed E-state index contributed by atoms with van der Waals surface area (Å²) in [6, 6.07) is 11.8. The van der Waals surface area contributed by atoms with E-state index >= 15 is 0 Å². The minimum atomic E-state index is 0.633. The summed E-state index contributed by atoms with van der Waals surface area (Å²) >= 11 is 6.30. The zero-order chi connectivity index (χ0) is 17.4. The maximum Gasteiger partial charge on any atom is 0.162 e. The molecule has 0 aliphatic heterocycles. The molecule has 0 saturated carbocycles. The molecule has 0 spiro atoms. The molecule has 24 heavy (non-hydrogen) atoms. The zero-order valence-electron chi connectivity index (χ0n) is 14.4. The molecule has 0 saturated heterocycles. The normalized spacial score (nSPS) is 10.5. The highest BCUT2D eigenvalue weighted by Crippen LogP contribution is 2.33. The van der Waals surface area contributed by atoms with E-state index in [0.717, 1.165) is 30.9 Å². The van der Waals surface area contributed by atoms with Gasteiger partial charge in [0.05, 0.1) is 20.8 Å². The Balaban J connectivity index is 1.92. The van der Waals surface area contributed by atoms with Gasteiger partial charge in [-0.2, -0.15) is 0 Å². The molecular weight excluding hydrogens is 326 g/mol. The molecule has 0 amide bonds. The summed E-state index contributed by atoms with van der Waals surface area (Å²) in [5.74, 6) is 2.22. The maximum absolute atomic E-state index is 6.30. The second-order valence-electron chi connectivity index (χ2n) is 5.39. The molecule has 0 aliphatic rings. The Morgan fingerprint density at radius 1 is 0.958 bits per heavy atom. The quantitative estimate of drug-likeness (QED) is 0.726. The standard InChI is InChI=1S/C19H24ClNO3/c1-4-9-24-16-7-5-14(6-8-16)12-21-13-15-10-18(22-2)19(23-3)11-17(15)20/h5-8,10-11,21H,4,9,12-13H2,1-3H3. The van der Waals surface area contributed by atoms with Gasteiger partial charge in [-0.3, -0.25) is 0 Å². The van der Waals surface area contributed by atoms with Crippen molar-refractivity contribution < 1.29 is 14.2 Å². The first-order valence-electron chi connectivity index (χ1n) is 8.00. The first-order valence-corrected chi connectivity index (χ1v) is 8.38. The van der Waals surface area contributed by atoms with Crippen LogP contribution in [0.4, 0.5) is 0 Å². The molecule has 0 aliphatic carbocycles. The number of rotatable bonds is 9. The highest BCUT2D eigenvalue weighted by Gasteiger charge is 2.09. The third-order valence-corrected chi connectivity index (χ3v) is 3.95. The third kappa shape index (κ3) is 5.05. The lowest BCUT2D eigenvalue weighted by molar-refractivity contribution is 0.317. The molecule has 0 atom stereocenters. The lowest BCUT2D eigenvalue weighted by Gasteiger charge is -2.12. The molecular formula is C19H24ClNO3. The van der Waals surface area contributed by atoms with E-state index in [0.29, 0.717) is 23.1 Å². The van der Waals surface area contributed by atoms with Crippen LogP contribution in [-0.2, 0) is 13.1 Å². The average Bonchev–Trinajstić information content (AvgIpc) is 2.62. The monoisotopic (exact) mass is 349 g/mol. The molecule has 2 aromatic rings. The van der Waals surface area contributed by atoms with Crippen molar-refractivity contribution in [2.45, 2.75) is 26.4 Å². The van der Waals surface area contributed by atoms with Crippen molar-refractivity contribution in [3.63, 3.8) is 0 Å². The van der Waals surface area contributed by atoms with Crippen LogP contribution in [0.3, 0.4) is 0 Å². The van der Waals surface area contributed by atoms with Crippen molar-refractivity contribution in [3.8, 4) is 17.2 Å². The third-order valence-electron chi connectivity index (χ3n) is 3.59. The summed E-state index contributed by atoms with van der Waals surface area (Å²) in [7, 11) is 3.21. The van der Waals surface area contributed by atoms with Gasteiger partial charge in [-0.25, -0.2) is 0 Å². The van der Waals surface area contributed by atoms with Crippen molar-refractivity contribution in [3.05, 3.63) is 52.5 Å². The van der Waals surface area contributed by atoms with Gasteiger partial charge < -0.3 is 19.5 Å². The summed E-state index contributed by atoms with van der Waals surface area (Å²) in [4.78, 5) is 0. The number of halogens is 1. The number of benzene rings is 2. The van der Waals surface area contributed by atoms with Crippen LogP contribution < -0.4 is 19.5 Å². The fourth-order valence-electron chi connectivity index (χ4n) is 2.30. The van der Waals surface area contributed by atoms with Gasteiger partial charge in [0.25, 0.3) is 0 Å². The zero-order valence-corrected chi connectivity index (χ0v) is 15.2. The molecule has 2 rings (SSSR count). The second kappa shape index (κ2) is 9.40. The number of ether oxygens (including phenoxy) is 3. The predicted octanol–water partition coefficient (Wildman–Crippen LogP) is 4.44. The van der Waals surface area contributed by atoms with Crippen LogP contribution in [0.15, 0.2) is 36.4 Å². The van der Waals surface area contributed by atoms with E-state index in [1.54, 1.807) is 20.3 Å². The van der Waals surface area contributed by atoms with E-state index in [9.17, 15) is 0 Å². The molecule has 0 bridgehead atoms. The van der Waals surface area contributed by atoms with E-state index < -0.39 is 0 Å². The van der Waals surface area contributed by atoms with Gasteiger partial charge in [0.2, 0.25) is 0 Å². The topological polar surface area (TPSA) is 39.7 Å². The van der Waals surface area contributed by atoms with Crippen LogP contribution in [0.1, 0.15) is 24.5 Å². The Hall–Kier alpha value is -1.91. The molecule has 0 fully saturated rings. The number of methoxy groups -OCH3 is 2. The van der Waals surface area contributed by atoms with Crippen LogP contribution in [0.25, 0.3) is 0 Å². The minimum Gasteiger partial charge on any atom is -0.494 e. The number of hydrogen-bond acceptors (Lipinski definition) is 4. The van der Waals surface area contributed by atoms with E-state index in [1.807, 2.05) is 18.2 Å². The first kappa shape index (κ1) is 18.4. The molecule has 130 valence electrons.